The third-order valence-electron chi connectivity index (χ3n) is 1.88. The first-order chi connectivity index (χ1) is 7.34. The molecule has 76 valence electrons. The molecule has 0 saturated carbocycles. The van der Waals surface area contributed by atoms with Crippen LogP contribution in [0.25, 0.3) is 0 Å². The molecule has 1 amide bonds. The molecule has 1 N–H and O–H groups in total. The Kier molecular flexibility index (Phi) is 3.09. The summed E-state index contributed by atoms with van der Waals surface area (Å²) in [4.78, 5) is 15.6. The largest absolute Gasteiger partial charge is 0.326 e. The van der Waals surface area contributed by atoms with E-state index in [0.717, 1.165) is 11.4 Å². The summed E-state index contributed by atoms with van der Waals surface area (Å²) in [6.45, 7) is 0. The molecule has 4 heteroatoms. The maximum absolute atomic E-state index is 11.5. The molecule has 0 spiro atoms. The summed E-state index contributed by atoms with van der Waals surface area (Å²) >= 11 is 1.50. The van der Waals surface area contributed by atoms with Crippen molar-refractivity contribution in [2.75, 3.05) is 5.32 Å². The molecular formula is C11H10N2OS. The van der Waals surface area contributed by atoms with Gasteiger partial charge in [0.1, 0.15) is 0 Å². The molecule has 1 aromatic carbocycles. The average molecular weight is 218 g/mol. The second-order valence-electron chi connectivity index (χ2n) is 3.07. The number of aromatic nitrogens is 1. The molecule has 1 aromatic heterocycles. The Morgan fingerprint density at radius 3 is 2.80 bits per heavy atom. The van der Waals surface area contributed by atoms with Crippen LogP contribution in [0.4, 0.5) is 5.69 Å². The summed E-state index contributed by atoms with van der Waals surface area (Å²) in [5.74, 6) is -0.0351. The van der Waals surface area contributed by atoms with Gasteiger partial charge in [-0.1, -0.05) is 18.2 Å². The van der Waals surface area contributed by atoms with Crippen molar-refractivity contribution in [3.05, 3.63) is 46.9 Å². The topological polar surface area (TPSA) is 42.0 Å². The summed E-state index contributed by atoms with van der Waals surface area (Å²) in [7, 11) is 0. The second kappa shape index (κ2) is 4.70. The van der Waals surface area contributed by atoms with Crippen LogP contribution >= 0.6 is 11.3 Å². The number of anilines is 1. The van der Waals surface area contributed by atoms with Gasteiger partial charge in [-0.3, -0.25) is 4.79 Å². The van der Waals surface area contributed by atoms with Gasteiger partial charge in [0.2, 0.25) is 5.91 Å². The molecule has 2 aromatic rings. The molecule has 0 aliphatic heterocycles. The Hall–Kier alpha value is -1.68. The van der Waals surface area contributed by atoms with Crippen LogP contribution in [-0.2, 0) is 11.2 Å². The van der Waals surface area contributed by atoms with E-state index >= 15 is 0 Å². The van der Waals surface area contributed by atoms with E-state index in [1.165, 1.54) is 11.3 Å². The first-order valence-corrected chi connectivity index (χ1v) is 5.51. The zero-order valence-corrected chi connectivity index (χ0v) is 8.83. The molecule has 0 aliphatic rings. The lowest BCUT2D eigenvalue weighted by molar-refractivity contribution is -0.115. The molecule has 0 aliphatic carbocycles. The van der Waals surface area contributed by atoms with Gasteiger partial charge in [0.05, 0.1) is 17.6 Å². The van der Waals surface area contributed by atoms with E-state index in [0.29, 0.717) is 6.42 Å². The molecule has 1 heterocycles. The first-order valence-electron chi connectivity index (χ1n) is 4.56. The summed E-state index contributed by atoms with van der Waals surface area (Å²) in [6, 6.07) is 9.41. The minimum atomic E-state index is -0.0351. The summed E-state index contributed by atoms with van der Waals surface area (Å²) < 4.78 is 0. The van der Waals surface area contributed by atoms with Crippen LogP contribution in [0.1, 0.15) is 5.69 Å². The lowest BCUT2D eigenvalue weighted by Crippen LogP contribution is -2.14. The van der Waals surface area contributed by atoms with Crippen LogP contribution in [0.5, 0.6) is 0 Å². The number of para-hydroxylation sites is 1. The number of amides is 1. The zero-order valence-electron chi connectivity index (χ0n) is 8.01. The number of hydrogen-bond donors (Lipinski definition) is 1. The van der Waals surface area contributed by atoms with Crippen molar-refractivity contribution in [1.29, 1.82) is 0 Å². The van der Waals surface area contributed by atoms with Crippen molar-refractivity contribution < 1.29 is 4.79 Å². The maximum Gasteiger partial charge on any atom is 0.230 e. The van der Waals surface area contributed by atoms with Crippen molar-refractivity contribution in [1.82, 2.24) is 4.98 Å². The van der Waals surface area contributed by atoms with Gasteiger partial charge in [-0.15, -0.1) is 11.3 Å². The number of thiazole rings is 1. The third kappa shape index (κ3) is 2.89. The van der Waals surface area contributed by atoms with Crippen LogP contribution in [0.3, 0.4) is 0 Å². The smallest absolute Gasteiger partial charge is 0.230 e. The molecule has 0 fully saturated rings. The quantitative estimate of drug-likeness (QED) is 0.859. The monoisotopic (exact) mass is 218 g/mol. The van der Waals surface area contributed by atoms with Gasteiger partial charge in [-0.2, -0.15) is 0 Å². The van der Waals surface area contributed by atoms with E-state index in [1.54, 1.807) is 5.51 Å². The fourth-order valence-corrected chi connectivity index (χ4v) is 1.77. The van der Waals surface area contributed by atoms with Crippen molar-refractivity contribution in [2.24, 2.45) is 0 Å². The lowest BCUT2D eigenvalue weighted by Gasteiger charge is -2.02. The standard InChI is InChI=1S/C11H10N2OS/c14-11(6-10-7-15-8-12-10)13-9-4-2-1-3-5-9/h1-5,7-8H,6H2,(H,13,14). The van der Waals surface area contributed by atoms with Gasteiger partial charge in [0, 0.05) is 11.1 Å². The van der Waals surface area contributed by atoms with E-state index < -0.39 is 0 Å². The Bertz CT molecular complexity index is 425. The van der Waals surface area contributed by atoms with E-state index in [1.807, 2.05) is 35.7 Å². The van der Waals surface area contributed by atoms with Gasteiger partial charge in [-0.05, 0) is 12.1 Å². The fourth-order valence-electron chi connectivity index (χ4n) is 1.22. The Labute approximate surface area is 91.8 Å². The average Bonchev–Trinajstić information content (AvgIpc) is 2.71. The minimum absolute atomic E-state index is 0.0351. The minimum Gasteiger partial charge on any atom is -0.326 e. The van der Waals surface area contributed by atoms with Crippen molar-refractivity contribution >= 4 is 22.9 Å². The van der Waals surface area contributed by atoms with Gasteiger partial charge in [0.25, 0.3) is 0 Å². The molecule has 3 nitrogen and oxygen atoms in total. The van der Waals surface area contributed by atoms with Gasteiger partial charge in [0.15, 0.2) is 0 Å². The molecule has 0 unspecified atom stereocenters. The summed E-state index contributed by atoms with van der Waals surface area (Å²) in [6.07, 6.45) is 0.332. The van der Waals surface area contributed by atoms with E-state index in [2.05, 4.69) is 10.3 Å². The second-order valence-corrected chi connectivity index (χ2v) is 3.79. The highest BCUT2D eigenvalue weighted by Crippen LogP contribution is 2.07. The SMILES string of the molecule is O=C(Cc1cscn1)Nc1ccccc1. The molecule has 0 atom stereocenters. The summed E-state index contributed by atoms with van der Waals surface area (Å²) in [5, 5.41) is 4.69. The van der Waals surface area contributed by atoms with Gasteiger partial charge < -0.3 is 5.32 Å². The number of benzene rings is 1. The van der Waals surface area contributed by atoms with Crippen LogP contribution in [0, 0.1) is 0 Å². The lowest BCUT2D eigenvalue weighted by atomic mass is 10.3. The number of carbonyl (C=O) groups excluding carboxylic acids is 1. The van der Waals surface area contributed by atoms with Crippen LogP contribution in [-0.4, -0.2) is 10.9 Å². The third-order valence-corrected chi connectivity index (χ3v) is 2.52. The summed E-state index contributed by atoms with van der Waals surface area (Å²) in [5.41, 5.74) is 3.36. The number of nitrogens with zero attached hydrogens (tertiary/aromatic N) is 1. The Balaban J connectivity index is 1.94. The van der Waals surface area contributed by atoms with Crippen LogP contribution in [0.2, 0.25) is 0 Å². The highest BCUT2D eigenvalue weighted by molar-refractivity contribution is 7.07. The van der Waals surface area contributed by atoms with Crippen LogP contribution < -0.4 is 5.32 Å². The molecular weight excluding hydrogens is 208 g/mol. The number of nitrogens with one attached hydrogen (secondary N) is 1. The predicted molar refractivity (Wildman–Crippen MR) is 60.9 cm³/mol. The van der Waals surface area contributed by atoms with Crippen LogP contribution in [0.15, 0.2) is 41.2 Å². The molecule has 0 bridgehead atoms. The number of carbonyl (C=O) groups is 1. The normalized spacial score (nSPS) is 9.87. The molecule has 0 radical (unpaired) electrons. The van der Waals surface area contributed by atoms with Gasteiger partial charge >= 0.3 is 0 Å². The highest BCUT2D eigenvalue weighted by atomic mass is 32.1. The fraction of sp³-hybridized carbons (Fsp3) is 0.0909. The van der Waals surface area contributed by atoms with Gasteiger partial charge in [-0.25, -0.2) is 4.98 Å². The molecule has 15 heavy (non-hydrogen) atoms. The van der Waals surface area contributed by atoms with E-state index in [-0.39, 0.29) is 5.91 Å². The maximum atomic E-state index is 11.5. The predicted octanol–water partition coefficient (Wildman–Crippen LogP) is 2.32. The Morgan fingerprint density at radius 1 is 1.33 bits per heavy atom. The Morgan fingerprint density at radius 2 is 2.13 bits per heavy atom. The zero-order chi connectivity index (χ0) is 10.5. The first kappa shape index (κ1) is 9.86. The molecule has 0 saturated heterocycles. The number of hydrogen-bond acceptors (Lipinski definition) is 3. The van der Waals surface area contributed by atoms with Crippen molar-refractivity contribution in [3.63, 3.8) is 0 Å². The van der Waals surface area contributed by atoms with E-state index in [9.17, 15) is 4.79 Å². The van der Waals surface area contributed by atoms with E-state index in [4.69, 9.17) is 0 Å². The highest BCUT2D eigenvalue weighted by Gasteiger charge is 2.04. The van der Waals surface area contributed by atoms with Crippen molar-refractivity contribution in [2.45, 2.75) is 6.42 Å². The number of rotatable bonds is 3. The van der Waals surface area contributed by atoms with Crippen molar-refractivity contribution in [3.8, 4) is 0 Å². The molecule has 2 rings (SSSR count).